The Labute approximate surface area is 103 Å². The molecular formula is C11H21NO4S. The fraction of sp³-hybridized carbons (Fsp3) is 0.909. The number of rotatable bonds is 8. The maximum atomic E-state index is 11.6. The van der Waals surface area contributed by atoms with Gasteiger partial charge in [-0.1, -0.05) is 6.92 Å². The molecule has 0 saturated heterocycles. The van der Waals surface area contributed by atoms with Crippen molar-refractivity contribution in [1.29, 1.82) is 0 Å². The van der Waals surface area contributed by atoms with Crippen molar-refractivity contribution < 1.29 is 17.9 Å². The molecule has 0 aromatic carbocycles. The van der Waals surface area contributed by atoms with Crippen molar-refractivity contribution in [3.8, 4) is 0 Å². The van der Waals surface area contributed by atoms with Crippen LogP contribution in [0.25, 0.3) is 0 Å². The number of hydrogen-bond donors (Lipinski definition) is 1. The molecule has 1 fully saturated rings. The summed E-state index contributed by atoms with van der Waals surface area (Å²) in [5.74, 6) is -0.380. The van der Waals surface area contributed by atoms with E-state index >= 15 is 0 Å². The van der Waals surface area contributed by atoms with E-state index in [0.29, 0.717) is 13.0 Å². The zero-order valence-electron chi connectivity index (χ0n) is 10.5. The molecule has 1 aliphatic carbocycles. The van der Waals surface area contributed by atoms with Gasteiger partial charge in [0.1, 0.15) is 0 Å². The predicted molar refractivity (Wildman–Crippen MR) is 65.0 cm³/mol. The van der Waals surface area contributed by atoms with Crippen LogP contribution in [-0.2, 0) is 19.6 Å². The molecule has 1 N–H and O–H groups in total. The van der Waals surface area contributed by atoms with Crippen LogP contribution in [0.1, 0.15) is 39.0 Å². The number of ether oxygens (including phenoxy) is 1. The van der Waals surface area contributed by atoms with Gasteiger partial charge < -0.3 is 4.74 Å². The van der Waals surface area contributed by atoms with E-state index in [9.17, 15) is 13.2 Å². The minimum absolute atomic E-state index is 0.0120. The van der Waals surface area contributed by atoms with Crippen molar-refractivity contribution in [2.45, 2.75) is 39.0 Å². The molecule has 6 heteroatoms. The number of hydrogen-bond acceptors (Lipinski definition) is 4. The van der Waals surface area contributed by atoms with Gasteiger partial charge in [-0.3, -0.25) is 4.79 Å². The molecule has 17 heavy (non-hydrogen) atoms. The van der Waals surface area contributed by atoms with Crippen LogP contribution in [0.3, 0.4) is 0 Å². The first-order valence-electron chi connectivity index (χ1n) is 5.97. The van der Waals surface area contributed by atoms with Gasteiger partial charge in [-0.15, -0.1) is 0 Å². The van der Waals surface area contributed by atoms with Gasteiger partial charge >= 0.3 is 5.97 Å². The van der Waals surface area contributed by atoms with Crippen LogP contribution < -0.4 is 4.72 Å². The standard InChI is InChI=1S/C11H21NO4S/c1-3-11(6-7-11)9-12-17(14,15)8-4-5-10(13)16-2/h12H,3-9H2,1-2H3. The molecule has 0 spiro atoms. The average Bonchev–Trinajstić information content (AvgIpc) is 3.07. The highest BCUT2D eigenvalue weighted by atomic mass is 32.2. The smallest absolute Gasteiger partial charge is 0.305 e. The molecular weight excluding hydrogens is 242 g/mol. The van der Waals surface area contributed by atoms with Crippen molar-refractivity contribution >= 4 is 16.0 Å². The van der Waals surface area contributed by atoms with Gasteiger partial charge in [0.05, 0.1) is 12.9 Å². The number of nitrogens with one attached hydrogen (secondary N) is 1. The molecule has 0 aromatic rings. The van der Waals surface area contributed by atoms with Gasteiger partial charge in [-0.05, 0) is 31.1 Å². The van der Waals surface area contributed by atoms with E-state index in [1.165, 1.54) is 7.11 Å². The number of esters is 1. The number of sulfonamides is 1. The van der Waals surface area contributed by atoms with Crippen molar-refractivity contribution in [2.75, 3.05) is 19.4 Å². The van der Waals surface area contributed by atoms with Crippen LogP contribution in [0.5, 0.6) is 0 Å². The van der Waals surface area contributed by atoms with E-state index in [0.717, 1.165) is 19.3 Å². The fourth-order valence-corrected chi connectivity index (χ4v) is 2.87. The van der Waals surface area contributed by atoms with E-state index < -0.39 is 10.0 Å². The quantitative estimate of drug-likeness (QED) is 0.664. The second-order valence-corrected chi connectivity index (χ2v) is 6.60. The van der Waals surface area contributed by atoms with Crippen molar-refractivity contribution in [3.05, 3.63) is 0 Å². The summed E-state index contributed by atoms with van der Waals surface area (Å²) in [6, 6.07) is 0. The van der Waals surface area contributed by atoms with Crippen molar-refractivity contribution in [1.82, 2.24) is 4.72 Å². The summed E-state index contributed by atoms with van der Waals surface area (Å²) in [6.07, 6.45) is 3.68. The zero-order valence-corrected chi connectivity index (χ0v) is 11.3. The summed E-state index contributed by atoms with van der Waals surface area (Å²) in [6.45, 7) is 2.61. The molecule has 100 valence electrons. The Kier molecular flexibility index (Phi) is 4.94. The lowest BCUT2D eigenvalue weighted by Crippen LogP contribution is -2.32. The topological polar surface area (TPSA) is 72.5 Å². The third-order valence-electron chi connectivity index (χ3n) is 3.40. The molecule has 5 nitrogen and oxygen atoms in total. The summed E-state index contributed by atoms with van der Waals surface area (Å²) in [5, 5.41) is 0. The van der Waals surface area contributed by atoms with Gasteiger partial charge in [-0.25, -0.2) is 13.1 Å². The highest BCUT2D eigenvalue weighted by Crippen LogP contribution is 2.47. The molecule has 0 radical (unpaired) electrons. The average molecular weight is 263 g/mol. The Morgan fingerprint density at radius 2 is 2.06 bits per heavy atom. The summed E-state index contributed by atoms with van der Waals surface area (Å²) < 4.78 is 30.3. The minimum atomic E-state index is -3.25. The highest BCUT2D eigenvalue weighted by Gasteiger charge is 2.41. The van der Waals surface area contributed by atoms with Crippen LogP contribution in [-0.4, -0.2) is 33.8 Å². The first kappa shape index (κ1) is 14.4. The Morgan fingerprint density at radius 1 is 1.41 bits per heavy atom. The Bertz CT molecular complexity index is 360. The van der Waals surface area contributed by atoms with Crippen LogP contribution in [0.2, 0.25) is 0 Å². The van der Waals surface area contributed by atoms with Crippen LogP contribution in [0.15, 0.2) is 0 Å². The SMILES string of the molecule is CCC1(CNS(=O)(=O)CCCC(=O)OC)CC1. The van der Waals surface area contributed by atoms with Gasteiger partial charge in [-0.2, -0.15) is 0 Å². The molecule has 0 aromatic heterocycles. The first-order chi connectivity index (χ1) is 7.93. The molecule has 1 rings (SSSR count). The van der Waals surface area contributed by atoms with Gasteiger partial charge in [0.25, 0.3) is 0 Å². The van der Waals surface area contributed by atoms with Gasteiger partial charge in [0, 0.05) is 13.0 Å². The molecule has 0 amide bonds. The minimum Gasteiger partial charge on any atom is -0.469 e. The number of carbonyl (C=O) groups excluding carboxylic acids is 1. The summed E-state index contributed by atoms with van der Waals surface area (Å²) >= 11 is 0. The maximum Gasteiger partial charge on any atom is 0.305 e. The van der Waals surface area contributed by atoms with Crippen LogP contribution in [0.4, 0.5) is 0 Å². The van der Waals surface area contributed by atoms with Gasteiger partial charge in [0.2, 0.25) is 10.0 Å². The lowest BCUT2D eigenvalue weighted by Gasteiger charge is -2.13. The number of carbonyl (C=O) groups is 1. The fourth-order valence-electron chi connectivity index (χ4n) is 1.68. The molecule has 0 unspecified atom stereocenters. The molecule has 1 aliphatic rings. The normalized spacial score (nSPS) is 17.8. The maximum absolute atomic E-state index is 11.6. The third kappa shape index (κ3) is 5.04. The largest absolute Gasteiger partial charge is 0.469 e. The molecule has 0 atom stereocenters. The van der Waals surface area contributed by atoms with E-state index in [-0.39, 0.29) is 23.6 Å². The molecule has 0 heterocycles. The second kappa shape index (κ2) is 5.82. The number of methoxy groups -OCH3 is 1. The summed E-state index contributed by atoms with van der Waals surface area (Å²) in [4.78, 5) is 10.8. The van der Waals surface area contributed by atoms with Crippen LogP contribution in [0, 0.1) is 5.41 Å². The highest BCUT2D eigenvalue weighted by molar-refractivity contribution is 7.89. The Balaban J connectivity index is 2.24. The third-order valence-corrected chi connectivity index (χ3v) is 4.81. The summed E-state index contributed by atoms with van der Waals surface area (Å²) in [7, 11) is -1.95. The molecule has 0 bridgehead atoms. The molecule has 0 aliphatic heterocycles. The second-order valence-electron chi connectivity index (χ2n) is 4.67. The van der Waals surface area contributed by atoms with Gasteiger partial charge in [0.15, 0.2) is 0 Å². The van der Waals surface area contributed by atoms with Crippen LogP contribution >= 0.6 is 0 Å². The lowest BCUT2D eigenvalue weighted by molar-refractivity contribution is -0.140. The molecule has 1 saturated carbocycles. The predicted octanol–water partition coefficient (Wildman–Crippen LogP) is 1.05. The Morgan fingerprint density at radius 3 is 2.53 bits per heavy atom. The summed E-state index contributed by atoms with van der Waals surface area (Å²) in [5.41, 5.74) is 0.204. The monoisotopic (exact) mass is 263 g/mol. The van der Waals surface area contributed by atoms with E-state index in [4.69, 9.17) is 0 Å². The lowest BCUT2D eigenvalue weighted by atomic mass is 10.1. The van der Waals surface area contributed by atoms with Crippen molar-refractivity contribution in [3.63, 3.8) is 0 Å². The zero-order chi connectivity index (χ0) is 12.9. The van der Waals surface area contributed by atoms with Crippen molar-refractivity contribution in [2.24, 2.45) is 5.41 Å². The van der Waals surface area contributed by atoms with E-state index in [2.05, 4.69) is 16.4 Å². The Hall–Kier alpha value is -0.620. The van der Waals surface area contributed by atoms with E-state index in [1.807, 2.05) is 0 Å². The van der Waals surface area contributed by atoms with E-state index in [1.54, 1.807) is 0 Å². The first-order valence-corrected chi connectivity index (χ1v) is 7.62.